The van der Waals surface area contributed by atoms with E-state index in [1.807, 2.05) is 25.1 Å². The van der Waals surface area contributed by atoms with Gasteiger partial charge in [-0.05, 0) is 31.0 Å². The number of ether oxygens (including phenoxy) is 3. The molecule has 7 nitrogen and oxygen atoms in total. The van der Waals surface area contributed by atoms with Crippen molar-refractivity contribution in [3.63, 3.8) is 0 Å². The third-order valence-corrected chi connectivity index (χ3v) is 4.51. The summed E-state index contributed by atoms with van der Waals surface area (Å²) < 4.78 is 15.8. The Morgan fingerprint density at radius 1 is 1.36 bits per heavy atom. The minimum Gasteiger partial charge on any atom is -0.466 e. The van der Waals surface area contributed by atoms with Crippen LogP contribution in [0.15, 0.2) is 48.0 Å². The van der Waals surface area contributed by atoms with Crippen LogP contribution in [-0.2, 0) is 25.5 Å². The number of aromatic nitrogens is 1. The zero-order chi connectivity index (χ0) is 17.8. The second kappa shape index (κ2) is 7.38. The summed E-state index contributed by atoms with van der Waals surface area (Å²) in [6.45, 7) is 2.28. The molecule has 0 bridgehead atoms. The summed E-state index contributed by atoms with van der Waals surface area (Å²) in [6.07, 6.45) is 6.04. The van der Waals surface area contributed by atoms with Crippen LogP contribution < -0.4 is 5.32 Å². The number of alkyl carbamates (subject to hydrolysis) is 1. The van der Waals surface area contributed by atoms with Crippen molar-refractivity contribution in [2.75, 3.05) is 7.11 Å². The monoisotopic (exact) mass is 344 g/mol. The minimum absolute atomic E-state index is 0.0980. The number of carbonyl (C=O) groups is 2. The van der Waals surface area contributed by atoms with Crippen molar-refractivity contribution in [3.8, 4) is 0 Å². The van der Waals surface area contributed by atoms with Gasteiger partial charge in [0.2, 0.25) is 0 Å². The molecule has 25 heavy (non-hydrogen) atoms. The molecule has 0 saturated heterocycles. The summed E-state index contributed by atoms with van der Waals surface area (Å²) >= 11 is 0. The molecular weight excluding hydrogens is 324 g/mol. The molecule has 3 unspecified atom stereocenters. The molecule has 2 heterocycles. The Labute approximate surface area is 145 Å². The van der Waals surface area contributed by atoms with Crippen molar-refractivity contribution in [2.45, 2.75) is 26.2 Å². The van der Waals surface area contributed by atoms with Gasteiger partial charge in [-0.25, -0.2) is 9.59 Å². The molecule has 3 rings (SSSR count). The van der Waals surface area contributed by atoms with E-state index in [9.17, 15) is 9.59 Å². The van der Waals surface area contributed by atoms with Gasteiger partial charge in [0.05, 0.1) is 24.9 Å². The van der Waals surface area contributed by atoms with Crippen molar-refractivity contribution >= 4 is 12.1 Å². The van der Waals surface area contributed by atoms with E-state index < -0.39 is 18.4 Å². The van der Waals surface area contributed by atoms with Gasteiger partial charge in [0.15, 0.2) is 0 Å². The van der Waals surface area contributed by atoms with Gasteiger partial charge in [0.1, 0.15) is 0 Å². The zero-order valence-corrected chi connectivity index (χ0v) is 14.1. The number of esters is 1. The Hall–Kier alpha value is -2.83. The summed E-state index contributed by atoms with van der Waals surface area (Å²) in [5.41, 5.74) is 2.42. The molecule has 3 atom stereocenters. The molecule has 0 saturated carbocycles. The first-order valence-corrected chi connectivity index (χ1v) is 8.04. The highest BCUT2D eigenvalue weighted by molar-refractivity contribution is 5.89. The fourth-order valence-corrected chi connectivity index (χ4v) is 3.19. The van der Waals surface area contributed by atoms with E-state index in [1.54, 1.807) is 12.4 Å². The first-order valence-electron chi connectivity index (χ1n) is 8.04. The lowest BCUT2D eigenvalue weighted by Crippen LogP contribution is -2.40. The highest BCUT2D eigenvalue weighted by Crippen LogP contribution is 2.43. The fourth-order valence-electron chi connectivity index (χ4n) is 3.19. The molecule has 0 radical (unpaired) electrons. The smallest absolute Gasteiger partial charge is 0.410 e. The van der Waals surface area contributed by atoms with Crippen molar-refractivity contribution in [3.05, 3.63) is 53.6 Å². The van der Waals surface area contributed by atoms with Crippen LogP contribution in [0.4, 0.5) is 4.79 Å². The summed E-state index contributed by atoms with van der Waals surface area (Å²) in [4.78, 5) is 27.9. The van der Waals surface area contributed by atoms with Crippen LogP contribution in [0, 0.1) is 11.8 Å². The molecule has 132 valence electrons. The van der Waals surface area contributed by atoms with E-state index in [-0.39, 0.29) is 11.8 Å². The SMILES string of the molecule is COC(=O)C1=COC(OC(=O)NCc2ccncc2)C2C(C)=CCC12. The second-order valence-corrected chi connectivity index (χ2v) is 6.00. The number of amides is 1. The number of hydrogen-bond donors (Lipinski definition) is 1. The zero-order valence-electron chi connectivity index (χ0n) is 14.1. The molecular formula is C18H20N2O5. The molecule has 7 heteroatoms. The number of fused-ring (bicyclic) bond motifs is 1. The summed E-state index contributed by atoms with van der Waals surface area (Å²) in [5, 5.41) is 2.69. The standard InChI is InChI=1S/C18H20N2O5/c1-11-3-4-13-14(16(21)23-2)10-24-17(15(11)13)25-18(22)20-9-12-5-7-19-8-6-12/h3,5-8,10,13,15,17H,4,9H2,1-2H3,(H,20,22). The van der Waals surface area contributed by atoms with E-state index in [4.69, 9.17) is 14.2 Å². The summed E-state index contributed by atoms with van der Waals surface area (Å²) in [6, 6.07) is 3.62. The van der Waals surface area contributed by atoms with Gasteiger partial charge in [0, 0.05) is 24.9 Å². The van der Waals surface area contributed by atoms with E-state index in [1.165, 1.54) is 13.4 Å². The number of methoxy groups -OCH3 is 1. The van der Waals surface area contributed by atoms with Gasteiger partial charge in [-0.15, -0.1) is 0 Å². The normalized spacial score (nSPS) is 24.3. The predicted molar refractivity (Wildman–Crippen MR) is 87.9 cm³/mol. The average molecular weight is 344 g/mol. The lowest BCUT2D eigenvalue weighted by atomic mass is 9.84. The lowest BCUT2D eigenvalue weighted by Gasteiger charge is -2.33. The fraction of sp³-hybridized carbons (Fsp3) is 0.389. The average Bonchev–Trinajstić information content (AvgIpc) is 3.03. The number of hydrogen-bond acceptors (Lipinski definition) is 6. The molecule has 1 aliphatic carbocycles. The maximum atomic E-state index is 12.1. The third-order valence-electron chi connectivity index (χ3n) is 4.51. The third kappa shape index (κ3) is 3.65. The first kappa shape index (κ1) is 17.0. The number of rotatable bonds is 4. The van der Waals surface area contributed by atoms with Gasteiger partial charge >= 0.3 is 12.1 Å². The predicted octanol–water partition coefficient (Wildman–Crippen LogP) is 2.30. The van der Waals surface area contributed by atoms with Crippen LogP contribution in [-0.4, -0.2) is 30.4 Å². The molecule has 0 aromatic carbocycles. The molecule has 1 aliphatic heterocycles. The molecule has 2 aliphatic rings. The van der Waals surface area contributed by atoms with Crippen LogP contribution in [0.3, 0.4) is 0 Å². The minimum atomic E-state index is -0.769. The lowest BCUT2D eigenvalue weighted by molar-refractivity contribution is -0.141. The van der Waals surface area contributed by atoms with E-state index in [0.29, 0.717) is 18.5 Å². The van der Waals surface area contributed by atoms with E-state index in [0.717, 1.165) is 11.1 Å². The van der Waals surface area contributed by atoms with Crippen molar-refractivity contribution in [1.82, 2.24) is 10.3 Å². The van der Waals surface area contributed by atoms with Crippen LogP contribution >= 0.6 is 0 Å². The maximum absolute atomic E-state index is 12.1. The van der Waals surface area contributed by atoms with Gasteiger partial charge < -0.3 is 19.5 Å². The molecule has 1 amide bonds. The Balaban J connectivity index is 1.64. The van der Waals surface area contributed by atoms with Gasteiger partial charge in [0.25, 0.3) is 6.29 Å². The first-order chi connectivity index (χ1) is 12.1. The number of allylic oxidation sites excluding steroid dienone is 1. The Morgan fingerprint density at radius 2 is 2.12 bits per heavy atom. The molecule has 0 spiro atoms. The highest BCUT2D eigenvalue weighted by atomic mass is 16.7. The Morgan fingerprint density at radius 3 is 2.84 bits per heavy atom. The second-order valence-electron chi connectivity index (χ2n) is 6.00. The number of pyridine rings is 1. The van der Waals surface area contributed by atoms with Gasteiger partial charge in [-0.3, -0.25) is 4.98 Å². The van der Waals surface area contributed by atoms with Gasteiger partial charge in [-0.2, -0.15) is 0 Å². The van der Waals surface area contributed by atoms with Crippen LogP contribution in [0.25, 0.3) is 0 Å². The molecule has 1 aromatic heterocycles. The number of nitrogens with one attached hydrogen (secondary N) is 1. The quantitative estimate of drug-likeness (QED) is 0.666. The Kier molecular flexibility index (Phi) is 5.02. The maximum Gasteiger partial charge on any atom is 0.410 e. The van der Waals surface area contributed by atoms with Crippen LogP contribution in [0.1, 0.15) is 18.9 Å². The Bertz CT molecular complexity index is 713. The van der Waals surface area contributed by atoms with Crippen LogP contribution in [0.2, 0.25) is 0 Å². The molecule has 0 fully saturated rings. The summed E-state index contributed by atoms with van der Waals surface area (Å²) in [5.74, 6) is -0.705. The number of carbonyl (C=O) groups excluding carboxylic acids is 2. The van der Waals surface area contributed by atoms with Crippen molar-refractivity contribution in [1.29, 1.82) is 0 Å². The van der Waals surface area contributed by atoms with Crippen LogP contribution in [0.5, 0.6) is 0 Å². The van der Waals surface area contributed by atoms with E-state index >= 15 is 0 Å². The van der Waals surface area contributed by atoms with Gasteiger partial charge in [-0.1, -0.05) is 11.6 Å². The summed E-state index contributed by atoms with van der Waals surface area (Å²) in [7, 11) is 1.34. The highest BCUT2D eigenvalue weighted by Gasteiger charge is 2.44. The molecule has 1 aromatic rings. The van der Waals surface area contributed by atoms with Crippen molar-refractivity contribution in [2.24, 2.45) is 11.8 Å². The number of nitrogens with zero attached hydrogens (tertiary/aromatic N) is 1. The largest absolute Gasteiger partial charge is 0.466 e. The van der Waals surface area contributed by atoms with Crippen molar-refractivity contribution < 1.29 is 23.8 Å². The topological polar surface area (TPSA) is 86.8 Å². The molecule has 1 N–H and O–H groups in total. The van der Waals surface area contributed by atoms with E-state index in [2.05, 4.69) is 10.3 Å².